The lowest BCUT2D eigenvalue weighted by atomic mass is 9.87. The van der Waals surface area contributed by atoms with Gasteiger partial charge in [0.05, 0.1) is 25.3 Å². The fourth-order valence-electron chi connectivity index (χ4n) is 5.11. The van der Waals surface area contributed by atoms with Crippen molar-refractivity contribution in [2.75, 3.05) is 58.5 Å². The van der Waals surface area contributed by atoms with Crippen LogP contribution in [0.4, 0.5) is 5.69 Å². The van der Waals surface area contributed by atoms with Crippen molar-refractivity contribution < 1.29 is 14.3 Å². The summed E-state index contributed by atoms with van der Waals surface area (Å²) in [6, 6.07) is 18.7. The van der Waals surface area contributed by atoms with Crippen LogP contribution in [-0.4, -0.2) is 75.3 Å². The molecule has 0 saturated carbocycles. The Labute approximate surface area is 191 Å². The molecule has 6 heteroatoms. The second-order valence-corrected chi connectivity index (χ2v) is 8.71. The third-order valence-corrected chi connectivity index (χ3v) is 6.79. The molecule has 2 fully saturated rings. The number of anilines is 1. The standard InChI is InChI=1S/C26H35N3O3/c1-31-20-24-22(11-8-14-29(24)19-21-9-4-3-5-10-21)26(30)28-17-15-27(16-18-28)23-12-6-7-13-25(23)32-2/h3-7,9-10,12-13,22,24H,8,11,14-20H2,1-2H3. The van der Waals surface area contributed by atoms with E-state index in [9.17, 15) is 4.79 Å². The Morgan fingerprint density at radius 3 is 2.38 bits per heavy atom. The van der Waals surface area contributed by atoms with Crippen LogP contribution in [0.2, 0.25) is 0 Å². The number of piperazine rings is 1. The summed E-state index contributed by atoms with van der Waals surface area (Å²) in [5, 5.41) is 0. The summed E-state index contributed by atoms with van der Waals surface area (Å²) in [4.78, 5) is 20.4. The molecule has 0 radical (unpaired) electrons. The molecule has 172 valence electrons. The number of para-hydroxylation sites is 2. The molecular formula is C26H35N3O3. The lowest BCUT2D eigenvalue weighted by molar-refractivity contribution is -0.141. The molecule has 0 aromatic heterocycles. The number of hydrogen-bond donors (Lipinski definition) is 0. The van der Waals surface area contributed by atoms with Crippen molar-refractivity contribution in [1.82, 2.24) is 9.80 Å². The molecule has 2 aliphatic heterocycles. The molecule has 6 nitrogen and oxygen atoms in total. The van der Waals surface area contributed by atoms with Crippen molar-refractivity contribution in [2.45, 2.75) is 25.4 Å². The maximum Gasteiger partial charge on any atom is 0.227 e. The van der Waals surface area contributed by atoms with Gasteiger partial charge in [-0.05, 0) is 37.1 Å². The number of likely N-dealkylation sites (tertiary alicyclic amines) is 1. The minimum absolute atomic E-state index is 0.00905. The minimum atomic E-state index is -0.00905. The Bertz CT molecular complexity index is 868. The zero-order valence-electron chi connectivity index (χ0n) is 19.3. The molecule has 32 heavy (non-hydrogen) atoms. The fourth-order valence-corrected chi connectivity index (χ4v) is 5.11. The molecule has 2 heterocycles. The first kappa shape index (κ1) is 22.6. The molecule has 0 N–H and O–H groups in total. The highest BCUT2D eigenvalue weighted by molar-refractivity contribution is 5.80. The maximum absolute atomic E-state index is 13.6. The van der Waals surface area contributed by atoms with E-state index in [2.05, 4.69) is 45.0 Å². The van der Waals surface area contributed by atoms with Crippen LogP contribution in [0.3, 0.4) is 0 Å². The summed E-state index contributed by atoms with van der Waals surface area (Å²) < 4.78 is 11.1. The van der Waals surface area contributed by atoms with Gasteiger partial charge in [-0.2, -0.15) is 0 Å². The molecule has 1 amide bonds. The summed E-state index contributed by atoms with van der Waals surface area (Å²) in [7, 11) is 3.45. The van der Waals surface area contributed by atoms with Crippen LogP contribution in [0.1, 0.15) is 18.4 Å². The van der Waals surface area contributed by atoms with E-state index in [1.807, 2.05) is 24.3 Å². The second-order valence-electron chi connectivity index (χ2n) is 8.71. The predicted molar refractivity (Wildman–Crippen MR) is 127 cm³/mol. The van der Waals surface area contributed by atoms with Gasteiger partial charge in [0.25, 0.3) is 0 Å². The maximum atomic E-state index is 13.6. The topological polar surface area (TPSA) is 45.3 Å². The molecule has 2 unspecified atom stereocenters. The number of methoxy groups -OCH3 is 2. The van der Waals surface area contributed by atoms with E-state index < -0.39 is 0 Å². The van der Waals surface area contributed by atoms with Crippen molar-refractivity contribution in [3.05, 3.63) is 60.2 Å². The van der Waals surface area contributed by atoms with Crippen molar-refractivity contribution in [3.63, 3.8) is 0 Å². The number of piperidine rings is 1. The molecular weight excluding hydrogens is 402 g/mol. The predicted octanol–water partition coefficient (Wildman–Crippen LogP) is 3.27. The van der Waals surface area contributed by atoms with E-state index in [-0.39, 0.29) is 17.9 Å². The van der Waals surface area contributed by atoms with Crippen LogP contribution in [-0.2, 0) is 16.1 Å². The van der Waals surface area contributed by atoms with Gasteiger partial charge in [0.1, 0.15) is 5.75 Å². The Balaban J connectivity index is 1.41. The summed E-state index contributed by atoms with van der Waals surface area (Å²) >= 11 is 0. The van der Waals surface area contributed by atoms with E-state index >= 15 is 0 Å². The van der Waals surface area contributed by atoms with Crippen LogP contribution in [0.25, 0.3) is 0 Å². The van der Waals surface area contributed by atoms with Gasteiger partial charge >= 0.3 is 0 Å². The molecule has 4 rings (SSSR count). The number of hydrogen-bond acceptors (Lipinski definition) is 5. The van der Waals surface area contributed by atoms with E-state index in [0.717, 1.165) is 63.5 Å². The monoisotopic (exact) mass is 437 g/mol. The van der Waals surface area contributed by atoms with Gasteiger partial charge in [0.15, 0.2) is 0 Å². The van der Waals surface area contributed by atoms with Crippen molar-refractivity contribution in [3.8, 4) is 5.75 Å². The SMILES string of the molecule is COCC1C(C(=O)N2CCN(c3ccccc3OC)CC2)CCCN1Cc1ccccc1. The number of carbonyl (C=O) groups is 1. The molecule has 0 bridgehead atoms. The van der Waals surface area contributed by atoms with Crippen molar-refractivity contribution in [1.29, 1.82) is 0 Å². The Morgan fingerprint density at radius 1 is 0.938 bits per heavy atom. The third-order valence-electron chi connectivity index (χ3n) is 6.79. The zero-order chi connectivity index (χ0) is 22.3. The van der Waals surface area contributed by atoms with E-state index in [0.29, 0.717) is 6.61 Å². The van der Waals surface area contributed by atoms with E-state index in [4.69, 9.17) is 9.47 Å². The number of amides is 1. The van der Waals surface area contributed by atoms with Crippen LogP contribution in [0, 0.1) is 5.92 Å². The average Bonchev–Trinajstić information content (AvgIpc) is 2.85. The molecule has 0 spiro atoms. The molecule has 2 aromatic rings. The van der Waals surface area contributed by atoms with Crippen LogP contribution >= 0.6 is 0 Å². The molecule has 2 saturated heterocycles. The lowest BCUT2D eigenvalue weighted by Gasteiger charge is -2.44. The van der Waals surface area contributed by atoms with Crippen LogP contribution < -0.4 is 9.64 Å². The number of ether oxygens (including phenoxy) is 2. The summed E-state index contributed by atoms with van der Waals surface area (Å²) in [5.41, 5.74) is 2.39. The molecule has 0 aliphatic carbocycles. The van der Waals surface area contributed by atoms with Crippen LogP contribution in [0.15, 0.2) is 54.6 Å². The fraction of sp³-hybridized carbons (Fsp3) is 0.500. The quantitative estimate of drug-likeness (QED) is 0.665. The third kappa shape index (κ3) is 5.08. The van der Waals surface area contributed by atoms with E-state index in [1.54, 1.807) is 14.2 Å². The van der Waals surface area contributed by atoms with Gasteiger partial charge in [0.2, 0.25) is 5.91 Å². The van der Waals surface area contributed by atoms with Gasteiger partial charge in [-0.15, -0.1) is 0 Å². The van der Waals surface area contributed by atoms with Crippen molar-refractivity contribution >= 4 is 11.6 Å². The highest BCUT2D eigenvalue weighted by Gasteiger charge is 2.38. The number of benzene rings is 2. The highest BCUT2D eigenvalue weighted by Crippen LogP contribution is 2.30. The Hall–Kier alpha value is -2.57. The van der Waals surface area contributed by atoms with Gasteiger partial charge < -0.3 is 19.3 Å². The minimum Gasteiger partial charge on any atom is -0.495 e. The Morgan fingerprint density at radius 2 is 1.66 bits per heavy atom. The van der Waals surface area contributed by atoms with Gasteiger partial charge in [-0.3, -0.25) is 9.69 Å². The number of nitrogens with zero attached hydrogens (tertiary/aromatic N) is 3. The molecule has 2 atom stereocenters. The summed E-state index contributed by atoms with van der Waals surface area (Å²) in [6.07, 6.45) is 1.98. The molecule has 2 aromatic carbocycles. The number of rotatable bonds is 7. The first-order chi connectivity index (χ1) is 15.7. The summed E-state index contributed by atoms with van der Waals surface area (Å²) in [5.74, 6) is 1.16. The first-order valence-corrected chi connectivity index (χ1v) is 11.6. The van der Waals surface area contributed by atoms with Crippen LogP contribution in [0.5, 0.6) is 5.75 Å². The number of carbonyl (C=O) groups excluding carboxylic acids is 1. The second kappa shape index (κ2) is 10.8. The van der Waals surface area contributed by atoms with Gasteiger partial charge in [-0.25, -0.2) is 0 Å². The van der Waals surface area contributed by atoms with Gasteiger partial charge in [-0.1, -0.05) is 42.5 Å². The van der Waals surface area contributed by atoms with Gasteiger partial charge in [0, 0.05) is 45.9 Å². The van der Waals surface area contributed by atoms with Crippen molar-refractivity contribution in [2.24, 2.45) is 5.92 Å². The average molecular weight is 438 g/mol. The summed E-state index contributed by atoms with van der Waals surface area (Å²) in [6.45, 7) is 5.58. The van der Waals surface area contributed by atoms with E-state index in [1.165, 1.54) is 5.56 Å². The lowest BCUT2D eigenvalue weighted by Crippen LogP contribution is -2.56. The smallest absolute Gasteiger partial charge is 0.227 e. The first-order valence-electron chi connectivity index (χ1n) is 11.6. The Kier molecular flexibility index (Phi) is 7.66. The zero-order valence-corrected chi connectivity index (χ0v) is 19.3. The largest absolute Gasteiger partial charge is 0.495 e. The highest BCUT2D eigenvalue weighted by atomic mass is 16.5. The molecule has 2 aliphatic rings. The normalized spacial score (nSPS) is 22.1.